The maximum atomic E-state index is 10.5. The van der Waals surface area contributed by atoms with Crippen molar-refractivity contribution in [3.8, 4) is 6.07 Å². The zero-order chi connectivity index (χ0) is 11.0. The average molecular weight is 202 g/mol. The van der Waals surface area contributed by atoms with Crippen LogP contribution in [0.4, 0.5) is 5.69 Å². The van der Waals surface area contributed by atoms with E-state index in [9.17, 15) is 10.1 Å². The van der Waals surface area contributed by atoms with Crippen molar-refractivity contribution in [1.82, 2.24) is 9.61 Å². The molecule has 0 saturated carbocycles. The third-order valence-corrected chi connectivity index (χ3v) is 2.22. The first kappa shape index (κ1) is 9.15. The second-order valence-corrected chi connectivity index (χ2v) is 3.08. The second-order valence-electron chi connectivity index (χ2n) is 3.08. The van der Waals surface area contributed by atoms with Gasteiger partial charge in [-0.15, -0.1) is 0 Å². The standard InChI is InChI=1S/C9H6N4O2/c1-6-7(3-10)4-11-12-5-8(13(14)15)2-9(6)12/h2,4-5H,1H3. The lowest BCUT2D eigenvalue weighted by molar-refractivity contribution is -0.384. The number of fused-ring (bicyclic) bond motifs is 1. The van der Waals surface area contributed by atoms with Crippen LogP contribution in [0.3, 0.4) is 0 Å². The fraction of sp³-hybridized carbons (Fsp3) is 0.111. The molecule has 0 aromatic carbocycles. The Morgan fingerprint density at radius 1 is 1.67 bits per heavy atom. The summed E-state index contributed by atoms with van der Waals surface area (Å²) in [6.45, 7) is 1.74. The van der Waals surface area contributed by atoms with Gasteiger partial charge in [0.25, 0.3) is 5.69 Å². The second kappa shape index (κ2) is 3.06. The molecule has 0 aliphatic carbocycles. The van der Waals surface area contributed by atoms with Crippen molar-refractivity contribution in [3.63, 3.8) is 0 Å². The van der Waals surface area contributed by atoms with Crippen molar-refractivity contribution in [2.45, 2.75) is 6.92 Å². The van der Waals surface area contributed by atoms with Crippen LogP contribution >= 0.6 is 0 Å². The summed E-state index contributed by atoms with van der Waals surface area (Å²) in [5.74, 6) is 0. The Balaban J connectivity index is 2.78. The Hall–Kier alpha value is -2.42. The minimum atomic E-state index is -0.486. The molecule has 6 nitrogen and oxygen atoms in total. The molecule has 0 radical (unpaired) electrons. The molecule has 0 atom stereocenters. The van der Waals surface area contributed by atoms with E-state index in [2.05, 4.69) is 5.10 Å². The Bertz CT molecular complexity index is 594. The van der Waals surface area contributed by atoms with E-state index in [0.717, 1.165) is 0 Å². The molecule has 0 aliphatic rings. The molecule has 2 aromatic heterocycles. The topological polar surface area (TPSA) is 84.2 Å². The normalized spacial score (nSPS) is 10.1. The van der Waals surface area contributed by atoms with Crippen molar-refractivity contribution in [1.29, 1.82) is 5.26 Å². The lowest BCUT2D eigenvalue weighted by atomic mass is 10.2. The quantitative estimate of drug-likeness (QED) is 0.517. The number of nitro groups is 1. The molecule has 0 amide bonds. The molecular weight excluding hydrogens is 196 g/mol. The number of rotatable bonds is 1. The van der Waals surface area contributed by atoms with Gasteiger partial charge < -0.3 is 0 Å². The van der Waals surface area contributed by atoms with Crippen LogP contribution in [0, 0.1) is 28.4 Å². The van der Waals surface area contributed by atoms with Crippen molar-refractivity contribution >= 4 is 11.2 Å². The zero-order valence-corrected chi connectivity index (χ0v) is 7.84. The average Bonchev–Trinajstić information content (AvgIpc) is 2.63. The highest BCUT2D eigenvalue weighted by Gasteiger charge is 2.13. The maximum Gasteiger partial charge on any atom is 0.289 e. The van der Waals surface area contributed by atoms with Crippen molar-refractivity contribution < 1.29 is 4.92 Å². The van der Waals surface area contributed by atoms with Crippen LogP contribution in [-0.2, 0) is 0 Å². The van der Waals surface area contributed by atoms with Gasteiger partial charge in [-0.25, -0.2) is 4.52 Å². The summed E-state index contributed by atoms with van der Waals surface area (Å²) in [5, 5.41) is 23.2. The molecule has 15 heavy (non-hydrogen) atoms. The van der Waals surface area contributed by atoms with E-state index >= 15 is 0 Å². The molecular formula is C9H6N4O2. The maximum absolute atomic E-state index is 10.5. The van der Waals surface area contributed by atoms with Gasteiger partial charge >= 0.3 is 0 Å². The highest BCUT2D eigenvalue weighted by molar-refractivity contribution is 5.63. The lowest BCUT2D eigenvalue weighted by Gasteiger charge is -1.98. The summed E-state index contributed by atoms with van der Waals surface area (Å²) in [5.41, 5.74) is 1.68. The van der Waals surface area contributed by atoms with Crippen LogP contribution < -0.4 is 0 Å². The van der Waals surface area contributed by atoms with Crippen molar-refractivity contribution in [3.05, 3.63) is 39.7 Å². The molecule has 2 heterocycles. The van der Waals surface area contributed by atoms with Crippen LogP contribution in [0.2, 0.25) is 0 Å². The van der Waals surface area contributed by atoms with Gasteiger partial charge in [0.05, 0.1) is 22.2 Å². The summed E-state index contributed by atoms with van der Waals surface area (Å²) in [6.07, 6.45) is 2.72. The molecule has 0 spiro atoms. The number of hydrogen-bond donors (Lipinski definition) is 0. The van der Waals surface area contributed by atoms with Gasteiger partial charge in [0.15, 0.2) is 0 Å². The van der Waals surface area contributed by atoms with E-state index in [1.54, 1.807) is 6.92 Å². The third kappa shape index (κ3) is 1.30. The minimum Gasteiger partial charge on any atom is -0.258 e. The van der Waals surface area contributed by atoms with Gasteiger partial charge in [-0.2, -0.15) is 10.4 Å². The van der Waals surface area contributed by atoms with E-state index in [1.807, 2.05) is 6.07 Å². The molecule has 0 fully saturated rings. The van der Waals surface area contributed by atoms with Gasteiger partial charge in [0.1, 0.15) is 12.3 Å². The molecule has 0 N–H and O–H groups in total. The van der Waals surface area contributed by atoms with Crippen LogP contribution in [-0.4, -0.2) is 14.5 Å². The number of hydrogen-bond acceptors (Lipinski definition) is 4. The first-order chi connectivity index (χ1) is 7.13. The van der Waals surface area contributed by atoms with Gasteiger partial charge in [-0.1, -0.05) is 0 Å². The van der Waals surface area contributed by atoms with E-state index in [1.165, 1.54) is 23.0 Å². The molecule has 2 aromatic rings. The highest BCUT2D eigenvalue weighted by atomic mass is 16.6. The first-order valence-corrected chi connectivity index (χ1v) is 4.16. The van der Waals surface area contributed by atoms with Crippen LogP contribution in [0.25, 0.3) is 5.52 Å². The Morgan fingerprint density at radius 2 is 2.40 bits per heavy atom. The van der Waals surface area contributed by atoms with Crippen LogP contribution in [0.1, 0.15) is 11.1 Å². The van der Waals surface area contributed by atoms with Gasteiger partial charge in [0.2, 0.25) is 0 Å². The van der Waals surface area contributed by atoms with Crippen molar-refractivity contribution in [2.75, 3.05) is 0 Å². The van der Waals surface area contributed by atoms with E-state index in [-0.39, 0.29) is 5.69 Å². The fourth-order valence-electron chi connectivity index (χ4n) is 1.38. The Kier molecular flexibility index (Phi) is 1.87. The predicted octanol–water partition coefficient (Wildman–Crippen LogP) is 1.42. The van der Waals surface area contributed by atoms with Crippen LogP contribution in [0.5, 0.6) is 0 Å². The van der Waals surface area contributed by atoms with Gasteiger partial charge in [-0.3, -0.25) is 10.1 Å². The lowest BCUT2D eigenvalue weighted by Crippen LogP contribution is -1.94. The molecule has 6 heteroatoms. The highest BCUT2D eigenvalue weighted by Crippen LogP contribution is 2.20. The minimum absolute atomic E-state index is 0.0271. The van der Waals surface area contributed by atoms with Gasteiger partial charge in [-0.05, 0) is 12.5 Å². The van der Waals surface area contributed by atoms with E-state index in [0.29, 0.717) is 16.6 Å². The number of nitrogens with zero attached hydrogens (tertiary/aromatic N) is 4. The number of aromatic nitrogens is 2. The van der Waals surface area contributed by atoms with E-state index in [4.69, 9.17) is 5.26 Å². The van der Waals surface area contributed by atoms with Crippen molar-refractivity contribution in [2.24, 2.45) is 0 Å². The summed E-state index contributed by atoms with van der Waals surface area (Å²) in [6, 6.07) is 3.39. The predicted molar refractivity (Wildman–Crippen MR) is 51.3 cm³/mol. The molecule has 74 valence electrons. The smallest absolute Gasteiger partial charge is 0.258 e. The molecule has 2 rings (SSSR count). The zero-order valence-electron chi connectivity index (χ0n) is 7.84. The summed E-state index contributed by atoms with van der Waals surface area (Å²) >= 11 is 0. The molecule has 0 saturated heterocycles. The molecule has 0 unspecified atom stereocenters. The summed E-state index contributed by atoms with van der Waals surface area (Å²) < 4.78 is 1.40. The summed E-state index contributed by atoms with van der Waals surface area (Å²) in [7, 11) is 0. The SMILES string of the molecule is Cc1c(C#N)cnn2cc([N+](=O)[O-])cc12. The Morgan fingerprint density at radius 3 is 3.00 bits per heavy atom. The molecule has 0 bridgehead atoms. The third-order valence-electron chi connectivity index (χ3n) is 2.22. The Labute approximate surface area is 84.5 Å². The molecule has 0 aliphatic heterocycles. The van der Waals surface area contributed by atoms with E-state index < -0.39 is 4.92 Å². The monoisotopic (exact) mass is 202 g/mol. The first-order valence-electron chi connectivity index (χ1n) is 4.16. The number of nitriles is 1. The number of aryl methyl sites for hydroxylation is 1. The van der Waals surface area contributed by atoms with Gasteiger partial charge in [0, 0.05) is 6.07 Å². The van der Waals surface area contributed by atoms with Crippen LogP contribution in [0.15, 0.2) is 18.5 Å². The largest absolute Gasteiger partial charge is 0.289 e. The fourth-order valence-corrected chi connectivity index (χ4v) is 1.38. The summed E-state index contributed by atoms with van der Waals surface area (Å²) in [4.78, 5) is 10.0.